The summed E-state index contributed by atoms with van der Waals surface area (Å²) in [5.74, 6) is 1.20. The number of urea groups is 1. The second-order valence-electron chi connectivity index (χ2n) is 10.2. The number of carbonyl (C=O) groups excluding carboxylic acids is 3. The van der Waals surface area contributed by atoms with Crippen LogP contribution in [0.25, 0.3) is 0 Å². The number of anilines is 1. The van der Waals surface area contributed by atoms with Gasteiger partial charge in [-0.15, -0.1) is 11.8 Å². The minimum absolute atomic E-state index is 0.0865. The first-order chi connectivity index (χ1) is 15.6. The molecule has 2 bridgehead atoms. The zero-order valence-electron chi connectivity index (χ0n) is 19.7. The van der Waals surface area contributed by atoms with Gasteiger partial charge in [0.1, 0.15) is 11.6 Å². The minimum atomic E-state index is -0.642. The molecule has 5 atom stereocenters. The lowest BCUT2D eigenvalue weighted by atomic mass is 9.92. The highest BCUT2D eigenvalue weighted by Gasteiger charge is 2.50. The van der Waals surface area contributed by atoms with Crippen LogP contribution >= 0.6 is 11.8 Å². The predicted molar refractivity (Wildman–Crippen MR) is 130 cm³/mol. The average molecular weight is 472 g/mol. The Kier molecular flexibility index (Phi) is 6.75. The molecule has 4 rings (SSSR count). The lowest BCUT2D eigenvalue weighted by Gasteiger charge is -2.35. The molecule has 0 radical (unpaired) electrons. The summed E-state index contributed by atoms with van der Waals surface area (Å²) in [6.45, 7) is 7.25. The average Bonchev–Trinajstić information content (AvgIpc) is 3.45. The number of esters is 1. The molecule has 2 N–H and O–H groups in total. The fraction of sp³-hybridized carbons (Fsp3) is 0.560. The van der Waals surface area contributed by atoms with E-state index in [1.165, 1.54) is 0 Å². The van der Waals surface area contributed by atoms with Crippen LogP contribution in [0.2, 0.25) is 0 Å². The molecule has 0 spiro atoms. The van der Waals surface area contributed by atoms with Crippen LogP contribution < -0.4 is 10.6 Å². The molecule has 1 aromatic rings. The van der Waals surface area contributed by atoms with Gasteiger partial charge < -0.3 is 20.3 Å². The van der Waals surface area contributed by atoms with Crippen LogP contribution in [0.3, 0.4) is 0 Å². The van der Waals surface area contributed by atoms with Crippen molar-refractivity contribution in [1.82, 2.24) is 10.2 Å². The molecular weight excluding hydrogens is 438 g/mol. The number of rotatable bonds is 5. The summed E-state index contributed by atoms with van der Waals surface area (Å²) in [6, 6.07) is 6.36. The minimum Gasteiger partial charge on any atom is -0.458 e. The fourth-order valence-electron chi connectivity index (χ4n) is 5.02. The standard InChI is InChI=1S/C25H33N3O4S/c1-15-6-5-7-18(10-15)27-24(31)26-13-21(29)28-20(23(30)32-25(2,3)4)14-33-22(28)19-12-16-8-9-17(19)11-16/h5-10,16-17,19-20,22H,11-14H2,1-4H3,(H2,26,27,31)/t16?,17?,19?,20-,22?/m0/s1. The molecule has 178 valence electrons. The van der Waals surface area contributed by atoms with Crippen molar-refractivity contribution >= 4 is 35.4 Å². The second kappa shape index (κ2) is 9.41. The molecule has 1 aliphatic heterocycles. The van der Waals surface area contributed by atoms with E-state index in [1.807, 2.05) is 45.9 Å². The van der Waals surface area contributed by atoms with E-state index < -0.39 is 17.7 Å². The number of hydrogen-bond acceptors (Lipinski definition) is 5. The number of nitrogens with zero attached hydrogens (tertiary/aromatic N) is 1. The Bertz CT molecular complexity index is 957. The molecule has 4 unspecified atom stereocenters. The lowest BCUT2D eigenvalue weighted by molar-refractivity contribution is -0.163. The van der Waals surface area contributed by atoms with Crippen molar-refractivity contribution in [3.05, 3.63) is 42.0 Å². The number of hydrogen-bond donors (Lipinski definition) is 2. The third-order valence-corrected chi connectivity index (χ3v) is 7.80. The van der Waals surface area contributed by atoms with E-state index in [1.54, 1.807) is 22.7 Å². The number of aryl methyl sites for hydroxylation is 1. The van der Waals surface area contributed by atoms with Gasteiger partial charge >= 0.3 is 12.0 Å². The number of nitrogens with one attached hydrogen (secondary N) is 2. The van der Waals surface area contributed by atoms with Gasteiger partial charge in [-0.05, 0) is 76.0 Å². The van der Waals surface area contributed by atoms with Crippen LogP contribution in [0.5, 0.6) is 0 Å². The SMILES string of the molecule is Cc1cccc(NC(=O)NCC(=O)N2C(C3CC4C=CC3C4)SC[C@H]2C(=O)OC(C)(C)C)c1. The van der Waals surface area contributed by atoms with Crippen molar-refractivity contribution in [2.45, 2.75) is 57.6 Å². The van der Waals surface area contributed by atoms with Crippen LogP contribution in [0, 0.1) is 24.7 Å². The monoisotopic (exact) mass is 471 g/mol. The Labute approximate surface area is 199 Å². The maximum absolute atomic E-state index is 13.4. The summed E-state index contributed by atoms with van der Waals surface area (Å²) in [7, 11) is 0. The number of amides is 3. The van der Waals surface area contributed by atoms with Crippen LogP contribution in [-0.2, 0) is 14.3 Å². The molecule has 7 nitrogen and oxygen atoms in total. The maximum Gasteiger partial charge on any atom is 0.330 e. The van der Waals surface area contributed by atoms with Crippen molar-refractivity contribution < 1.29 is 19.1 Å². The fourth-order valence-corrected chi connectivity index (χ4v) is 6.68. The molecule has 3 amide bonds. The first-order valence-corrected chi connectivity index (χ1v) is 12.6. The number of ether oxygens (including phenoxy) is 1. The Morgan fingerprint density at radius 3 is 2.61 bits per heavy atom. The largest absolute Gasteiger partial charge is 0.458 e. The summed E-state index contributed by atoms with van der Waals surface area (Å²) in [5.41, 5.74) is 1.06. The van der Waals surface area contributed by atoms with Crippen molar-refractivity contribution in [3.63, 3.8) is 0 Å². The van der Waals surface area contributed by atoms with Crippen LogP contribution in [0.15, 0.2) is 36.4 Å². The molecule has 2 aliphatic carbocycles. The molecule has 1 saturated heterocycles. The Balaban J connectivity index is 1.44. The predicted octanol–water partition coefficient (Wildman–Crippen LogP) is 3.94. The number of carbonyl (C=O) groups is 3. The summed E-state index contributed by atoms with van der Waals surface area (Å²) in [4.78, 5) is 40.4. The van der Waals surface area contributed by atoms with Crippen LogP contribution in [0.1, 0.15) is 39.2 Å². The smallest absolute Gasteiger partial charge is 0.330 e. The molecule has 1 aromatic carbocycles. The van der Waals surface area contributed by atoms with Gasteiger partial charge in [0.25, 0.3) is 0 Å². The molecule has 1 saturated carbocycles. The Morgan fingerprint density at radius 2 is 1.97 bits per heavy atom. The molecule has 33 heavy (non-hydrogen) atoms. The van der Waals surface area contributed by atoms with E-state index >= 15 is 0 Å². The quantitative estimate of drug-likeness (QED) is 0.502. The van der Waals surface area contributed by atoms with Gasteiger partial charge in [-0.25, -0.2) is 9.59 Å². The summed E-state index contributed by atoms with van der Waals surface area (Å²) >= 11 is 1.66. The van der Waals surface area contributed by atoms with Gasteiger partial charge in [0.2, 0.25) is 5.91 Å². The van der Waals surface area contributed by atoms with Gasteiger partial charge in [-0.2, -0.15) is 0 Å². The Morgan fingerprint density at radius 1 is 1.18 bits per heavy atom. The zero-order chi connectivity index (χ0) is 23.8. The van der Waals surface area contributed by atoms with Gasteiger partial charge in [-0.1, -0.05) is 24.3 Å². The van der Waals surface area contributed by atoms with Gasteiger partial charge in [0.15, 0.2) is 0 Å². The molecule has 3 aliphatic rings. The number of thioether (sulfide) groups is 1. The highest BCUT2D eigenvalue weighted by molar-refractivity contribution is 8.00. The molecule has 8 heteroatoms. The first kappa shape index (κ1) is 23.7. The van der Waals surface area contributed by atoms with E-state index in [0.717, 1.165) is 18.4 Å². The third-order valence-electron chi connectivity index (χ3n) is 6.37. The zero-order valence-corrected chi connectivity index (χ0v) is 20.5. The molecular formula is C25H33N3O4S. The first-order valence-electron chi connectivity index (χ1n) is 11.6. The number of fused-ring (bicyclic) bond motifs is 2. The normalized spacial score (nSPS) is 28.1. The van der Waals surface area contributed by atoms with Gasteiger partial charge in [-0.3, -0.25) is 4.79 Å². The van der Waals surface area contributed by atoms with E-state index in [2.05, 4.69) is 22.8 Å². The van der Waals surface area contributed by atoms with E-state index in [4.69, 9.17) is 4.74 Å². The number of benzene rings is 1. The van der Waals surface area contributed by atoms with E-state index in [9.17, 15) is 14.4 Å². The third kappa shape index (κ3) is 5.54. The van der Waals surface area contributed by atoms with Gasteiger partial charge in [0.05, 0.1) is 11.9 Å². The van der Waals surface area contributed by atoms with Crippen molar-refractivity contribution in [3.8, 4) is 0 Å². The second-order valence-corrected chi connectivity index (χ2v) is 11.3. The van der Waals surface area contributed by atoms with Crippen LogP contribution in [0.4, 0.5) is 10.5 Å². The topological polar surface area (TPSA) is 87.7 Å². The summed E-state index contributed by atoms with van der Waals surface area (Å²) < 4.78 is 5.63. The maximum atomic E-state index is 13.4. The molecule has 1 heterocycles. The lowest BCUT2D eigenvalue weighted by Crippen LogP contribution is -2.53. The van der Waals surface area contributed by atoms with E-state index in [0.29, 0.717) is 29.2 Å². The van der Waals surface area contributed by atoms with E-state index in [-0.39, 0.29) is 23.8 Å². The summed E-state index contributed by atoms with van der Waals surface area (Å²) in [5, 5.41) is 5.33. The van der Waals surface area contributed by atoms with Crippen LogP contribution in [-0.4, -0.2) is 52.1 Å². The molecule has 2 fully saturated rings. The number of allylic oxidation sites excluding steroid dienone is 2. The highest BCUT2D eigenvalue weighted by Crippen LogP contribution is 2.50. The van der Waals surface area contributed by atoms with Crippen molar-refractivity contribution in [1.29, 1.82) is 0 Å². The van der Waals surface area contributed by atoms with Crippen molar-refractivity contribution in [2.24, 2.45) is 17.8 Å². The summed E-state index contributed by atoms with van der Waals surface area (Å²) in [6.07, 6.45) is 6.69. The van der Waals surface area contributed by atoms with Crippen molar-refractivity contribution in [2.75, 3.05) is 17.6 Å². The molecule has 0 aromatic heterocycles. The Hall–Kier alpha value is -2.48. The highest BCUT2D eigenvalue weighted by atomic mass is 32.2. The van der Waals surface area contributed by atoms with Gasteiger partial charge in [0, 0.05) is 11.4 Å².